The van der Waals surface area contributed by atoms with Gasteiger partial charge in [-0.15, -0.1) is 6.58 Å². The van der Waals surface area contributed by atoms with Crippen LogP contribution in [0.1, 0.15) is 19.3 Å². The average Bonchev–Trinajstić information content (AvgIpc) is 1.83. The van der Waals surface area contributed by atoms with Crippen molar-refractivity contribution in [2.24, 2.45) is 5.73 Å². The van der Waals surface area contributed by atoms with E-state index in [-0.39, 0.29) is 6.42 Å². The monoisotopic (exact) mass is 167 g/mol. The predicted octanol–water partition coefficient (Wildman–Crippen LogP) is 2.23. The zero-order valence-electron chi connectivity index (χ0n) is 6.19. The van der Waals surface area contributed by atoms with Crippen LogP contribution in [0.4, 0.5) is 13.2 Å². The Morgan fingerprint density at radius 2 is 2.00 bits per heavy atom. The summed E-state index contributed by atoms with van der Waals surface area (Å²) in [4.78, 5) is 0. The molecule has 4 heteroatoms. The van der Waals surface area contributed by atoms with Crippen molar-refractivity contribution in [1.82, 2.24) is 0 Å². The summed E-state index contributed by atoms with van der Waals surface area (Å²) in [6.07, 6.45) is -2.94. The molecule has 0 aliphatic heterocycles. The van der Waals surface area contributed by atoms with E-state index in [1.807, 2.05) is 0 Å². The first-order valence-electron chi connectivity index (χ1n) is 3.39. The molecular weight excluding hydrogens is 155 g/mol. The van der Waals surface area contributed by atoms with E-state index in [2.05, 4.69) is 6.58 Å². The zero-order chi connectivity index (χ0) is 8.91. The van der Waals surface area contributed by atoms with Crippen LogP contribution in [0.2, 0.25) is 0 Å². The minimum absolute atomic E-state index is 0.0183. The Morgan fingerprint density at radius 3 is 2.36 bits per heavy atom. The van der Waals surface area contributed by atoms with Gasteiger partial charge in [0, 0.05) is 12.5 Å². The molecule has 0 aromatic rings. The van der Waals surface area contributed by atoms with Crippen LogP contribution in [-0.2, 0) is 0 Å². The van der Waals surface area contributed by atoms with Crippen molar-refractivity contribution in [2.75, 3.05) is 0 Å². The first kappa shape index (κ1) is 10.5. The van der Waals surface area contributed by atoms with E-state index in [4.69, 9.17) is 5.73 Å². The van der Waals surface area contributed by atoms with Gasteiger partial charge in [-0.2, -0.15) is 13.2 Å². The molecular formula is C7H12F3N. The third kappa shape index (κ3) is 7.39. The fraction of sp³-hybridized carbons (Fsp3) is 0.714. The van der Waals surface area contributed by atoms with Gasteiger partial charge in [-0.3, -0.25) is 0 Å². The minimum Gasteiger partial charge on any atom is -0.327 e. The van der Waals surface area contributed by atoms with Crippen molar-refractivity contribution < 1.29 is 13.2 Å². The molecule has 0 saturated heterocycles. The Labute approximate surface area is 64.1 Å². The predicted molar refractivity (Wildman–Crippen MR) is 38.1 cm³/mol. The molecule has 0 saturated carbocycles. The minimum atomic E-state index is -4.08. The molecule has 0 spiro atoms. The van der Waals surface area contributed by atoms with Gasteiger partial charge in [0.15, 0.2) is 0 Å². The second kappa shape index (κ2) is 4.38. The molecule has 0 rings (SSSR count). The SMILES string of the molecule is C=CCC(N)CCC(F)(F)F. The van der Waals surface area contributed by atoms with Gasteiger partial charge in [0.1, 0.15) is 0 Å². The molecule has 11 heavy (non-hydrogen) atoms. The van der Waals surface area contributed by atoms with Crippen molar-refractivity contribution in [2.45, 2.75) is 31.5 Å². The molecule has 0 bridgehead atoms. The summed E-state index contributed by atoms with van der Waals surface area (Å²) >= 11 is 0. The van der Waals surface area contributed by atoms with Gasteiger partial charge in [-0.05, 0) is 12.8 Å². The highest BCUT2D eigenvalue weighted by Crippen LogP contribution is 2.22. The van der Waals surface area contributed by atoms with E-state index >= 15 is 0 Å². The Bertz CT molecular complexity index is 119. The molecule has 0 aromatic heterocycles. The van der Waals surface area contributed by atoms with Gasteiger partial charge in [-0.1, -0.05) is 6.08 Å². The van der Waals surface area contributed by atoms with Gasteiger partial charge in [-0.25, -0.2) is 0 Å². The van der Waals surface area contributed by atoms with Gasteiger partial charge in [0.2, 0.25) is 0 Å². The highest BCUT2D eigenvalue weighted by molar-refractivity contribution is 4.75. The van der Waals surface area contributed by atoms with E-state index in [0.29, 0.717) is 6.42 Å². The van der Waals surface area contributed by atoms with Crippen LogP contribution < -0.4 is 5.73 Å². The summed E-state index contributed by atoms with van der Waals surface area (Å²) in [6, 6.07) is -0.408. The first-order valence-corrected chi connectivity index (χ1v) is 3.39. The van der Waals surface area contributed by atoms with E-state index in [1.54, 1.807) is 0 Å². The lowest BCUT2D eigenvalue weighted by molar-refractivity contribution is -0.136. The molecule has 0 radical (unpaired) electrons. The molecule has 0 aliphatic carbocycles. The summed E-state index contributed by atoms with van der Waals surface area (Å²) in [5, 5.41) is 0. The Kier molecular flexibility index (Phi) is 4.18. The fourth-order valence-corrected chi connectivity index (χ4v) is 0.681. The van der Waals surface area contributed by atoms with E-state index in [1.165, 1.54) is 6.08 Å². The topological polar surface area (TPSA) is 26.0 Å². The van der Waals surface area contributed by atoms with Crippen molar-refractivity contribution >= 4 is 0 Å². The summed E-state index contributed by atoms with van der Waals surface area (Å²) in [6.45, 7) is 3.38. The summed E-state index contributed by atoms with van der Waals surface area (Å²) in [7, 11) is 0. The number of hydrogen-bond acceptors (Lipinski definition) is 1. The summed E-state index contributed by atoms with van der Waals surface area (Å²) < 4.78 is 34.7. The maximum absolute atomic E-state index is 11.6. The molecule has 0 aliphatic rings. The average molecular weight is 167 g/mol. The third-order valence-corrected chi connectivity index (χ3v) is 1.27. The Morgan fingerprint density at radius 1 is 1.45 bits per heavy atom. The van der Waals surface area contributed by atoms with E-state index in [0.717, 1.165) is 0 Å². The number of rotatable bonds is 4. The number of alkyl halides is 3. The second-order valence-electron chi connectivity index (χ2n) is 2.44. The molecule has 1 unspecified atom stereocenters. The first-order chi connectivity index (χ1) is 4.95. The summed E-state index contributed by atoms with van der Waals surface area (Å²) in [5.41, 5.74) is 5.32. The molecule has 0 heterocycles. The van der Waals surface area contributed by atoms with Gasteiger partial charge >= 0.3 is 6.18 Å². The second-order valence-corrected chi connectivity index (χ2v) is 2.44. The lowest BCUT2D eigenvalue weighted by Gasteiger charge is -2.10. The van der Waals surface area contributed by atoms with Crippen molar-refractivity contribution in [3.8, 4) is 0 Å². The van der Waals surface area contributed by atoms with Crippen LogP contribution in [0, 0.1) is 0 Å². The van der Waals surface area contributed by atoms with Crippen molar-refractivity contribution in [3.05, 3.63) is 12.7 Å². The third-order valence-electron chi connectivity index (χ3n) is 1.27. The van der Waals surface area contributed by atoms with Crippen LogP contribution in [0.15, 0.2) is 12.7 Å². The van der Waals surface area contributed by atoms with Crippen molar-refractivity contribution in [3.63, 3.8) is 0 Å². The molecule has 1 nitrogen and oxygen atoms in total. The lowest BCUT2D eigenvalue weighted by Crippen LogP contribution is -2.22. The van der Waals surface area contributed by atoms with Crippen molar-refractivity contribution in [1.29, 1.82) is 0 Å². The highest BCUT2D eigenvalue weighted by Gasteiger charge is 2.27. The highest BCUT2D eigenvalue weighted by atomic mass is 19.4. The molecule has 1 atom stereocenters. The maximum atomic E-state index is 11.6. The van der Waals surface area contributed by atoms with E-state index in [9.17, 15) is 13.2 Å². The molecule has 0 aromatic carbocycles. The van der Waals surface area contributed by atoms with Crippen LogP contribution in [-0.4, -0.2) is 12.2 Å². The largest absolute Gasteiger partial charge is 0.389 e. The number of nitrogens with two attached hydrogens (primary N) is 1. The normalized spacial score (nSPS) is 14.5. The van der Waals surface area contributed by atoms with Gasteiger partial charge in [0.25, 0.3) is 0 Å². The Hall–Kier alpha value is -0.510. The zero-order valence-corrected chi connectivity index (χ0v) is 6.19. The number of hydrogen-bond donors (Lipinski definition) is 1. The number of halogens is 3. The Balaban J connectivity index is 3.45. The van der Waals surface area contributed by atoms with Gasteiger partial charge in [0.05, 0.1) is 0 Å². The molecule has 66 valence electrons. The van der Waals surface area contributed by atoms with Crippen LogP contribution in [0.25, 0.3) is 0 Å². The fourth-order valence-electron chi connectivity index (χ4n) is 0.681. The quantitative estimate of drug-likeness (QED) is 0.638. The van der Waals surface area contributed by atoms with E-state index < -0.39 is 18.6 Å². The molecule has 0 amide bonds. The van der Waals surface area contributed by atoms with Crippen LogP contribution >= 0.6 is 0 Å². The lowest BCUT2D eigenvalue weighted by atomic mass is 10.1. The standard InChI is InChI=1S/C7H12F3N/c1-2-3-6(11)4-5-7(8,9)10/h2,6H,1,3-5,11H2. The van der Waals surface area contributed by atoms with Crippen LogP contribution in [0.3, 0.4) is 0 Å². The summed E-state index contributed by atoms with van der Waals surface area (Å²) in [5.74, 6) is 0. The molecule has 0 fully saturated rings. The van der Waals surface area contributed by atoms with Crippen LogP contribution in [0.5, 0.6) is 0 Å². The molecule has 2 N–H and O–H groups in total. The maximum Gasteiger partial charge on any atom is 0.389 e. The van der Waals surface area contributed by atoms with Gasteiger partial charge < -0.3 is 5.73 Å². The smallest absolute Gasteiger partial charge is 0.327 e.